The number of unbranched alkanes of at least 4 members (excludes halogenated alkanes) is 1. The first-order valence-corrected chi connectivity index (χ1v) is 7.92. The fraction of sp³-hybridized carbons (Fsp3) is 0.647. The Morgan fingerprint density at radius 1 is 1.26 bits per heavy atom. The van der Waals surface area contributed by atoms with Gasteiger partial charge in [-0.3, -0.25) is 0 Å². The predicted octanol–water partition coefficient (Wildman–Crippen LogP) is 3.54. The molecule has 0 radical (unpaired) electrons. The van der Waals surface area contributed by atoms with Crippen LogP contribution in [0.15, 0.2) is 24.3 Å². The maximum atomic E-state index is 3.61. The zero-order valence-electron chi connectivity index (χ0n) is 12.1. The maximum absolute atomic E-state index is 3.61. The van der Waals surface area contributed by atoms with Crippen LogP contribution in [0.3, 0.4) is 0 Å². The van der Waals surface area contributed by atoms with Crippen molar-refractivity contribution in [3.63, 3.8) is 0 Å². The SMILES string of the molecule is CCCCN(CC1CNc2ccccc2C1)C1CC1. The third-order valence-electron chi connectivity index (χ3n) is 4.46. The van der Waals surface area contributed by atoms with Gasteiger partial charge in [0.15, 0.2) is 0 Å². The van der Waals surface area contributed by atoms with Gasteiger partial charge < -0.3 is 10.2 Å². The molecule has 1 unspecified atom stereocenters. The standard InChI is InChI=1S/C17H26N2/c1-2-3-10-19(16-8-9-16)13-14-11-15-6-4-5-7-17(15)18-12-14/h4-7,14,16,18H,2-3,8-13H2,1H3. The van der Waals surface area contributed by atoms with Crippen LogP contribution in [0.1, 0.15) is 38.2 Å². The largest absolute Gasteiger partial charge is 0.384 e. The van der Waals surface area contributed by atoms with Crippen LogP contribution in [0, 0.1) is 5.92 Å². The maximum Gasteiger partial charge on any atom is 0.0372 e. The normalized spacial score (nSPS) is 22.1. The van der Waals surface area contributed by atoms with Crippen LogP contribution in [-0.2, 0) is 6.42 Å². The van der Waals surface area contributed by atoms with Gasteiger partial charge in [0.2, 0.25) is 0 Å². The fourth-order valence-corrected chi connectivity index (χ4v) is 3.19. The second kappa shape index (κ2) is 5.96. The number of hydrogen-bond acceptors (Lipinski definition) is 2. The topological polar surface area (TPSA) is 15.3 Å². The lowest BCUT2D eigenvalue weighted by molar-refractivity contribution is 0.219. The summed E-state index contributed by atoms with van der Waals surface area (Å²) in [5.74, 6) is 0.785. The molecular formula is C17H26N2. The third kappa shape index (κ3) is 3.30. The van der Waals surface area contributed by atoms with E-state index in [1.165, 1.54) is 56.4 Å². The number of anilines is 1. The molecular weight excluding hydrogens is 232 g/mol. The molecule has 0 spiro atoms. The lowest BCUT2D eigenvalue weighted by Crippen LogP contribution is -2.37. The molecule has 1 atom stereocenters. The number of fused-ring (bicyclic) bond motifs is 1. The van der Waals surface area contributed by atoms with Crippen molar-refractivity contribution in [1.29, 1.82) is 0 Å². The lowest BCUT2D eigenvalue weighted by atomic mass is 9.93. The van der Waals surface area contributed by atoms with Crippen molar-refractivity contribution in [1.82, 2.24) is 4.90 Å². The van der Waals surface area contributed by atoms with Gasteiger partial charge in [0.1, 0.15) is 0 Å². The quantitative estimate of drug-likeness (QED) is 0.839. The van der Waals surface area contributed by atoms with Crippen molar-refractivity contribution in [2.45, 2.75) is 45.1 Å². The molecule has 2 heteroatoms. The van der Waals surface area contributed by atoms with Crippen molar-refractivity contribution in [2.75, 3.05) is 25.0 Å². The summed E-state index contributed by atoms with van der Waals surface area (Å²) in [6.07, 6.45) is 6.78. The molecule has 19 heavy (non-hydrogen) atoms. The molecule has 1 aliphatic heterocycles. The van der Waals surface area contributed by atoms with Crippen molar-refractivity contribution < 1.29 is 0 Å². The van der Waals surface area contributed by atoms with E-state index in [-0.39, 0.29) is 0 Å². The van der Waals surface area contributed by atoms with Gasteiger partial charge in [-0.1, -0.05) is 31.5 Å². The summed E-state index contributed by atoms with van der Waals surface area (Å²) in [7, 11) is 0. The minimum atomic E-state index is 0.785. The van der Waals surface area contributed by atoms with Crippen LogP contribution in [0.4, 0.5) is 5.69 Å². The Bertz CT molecular complexity index is 411. The van der Waals surface area contributed by atoms with Crippen LogP contribution in [0.2, 0.25) is 0 Å². The fourth-order valence-electron chi connectivity index (χ4n) is 3.19. The molecule has 0 amide bonds. The zero-order valence-corrected chi connectivity index (χ0v) is 12.1. The molecule has 1 fully saturated rings. The van der Waals surface area contributed by atoms with Gasteiger partial charge in [-0.2, -0.15) is 0 Å². The molecule has 1 N–H and O–H groups in total. The van der Waals surface area contributed by atoms with Gasteiger partial charge in [0.05, 0.1) is 0 Å². The number of hydrogen-bond donors (Lipinski definition) is 1. The molecule has 104 valence electrons. The van der Waals surface area contributed by atoms with E-state index in [1.807, 2.05) is 0 Å². The van der Waals surface area contributed by atoms with Crippen molar-refractivity contribution in [3.05, 3.63) is 29.8 Å². The Balaban J connectivity index is 1.58. The van der Waals surface area contributed by atoms with Crippen LogP contribution in [-0.4, -0.2) is 30.6 Å². The molecule has 2 nitrogen and oxygen atoms in total. The van der Waals surface area contributed by atoms with E-state index >= 15 is 0 Å². The third-order valence-corrected chi connectivity index (χ3v) is 4.46. The average Bonchev–Trinajstić information content (AvgIpc) is 3.28. The second-order valence-electron chi connectivity index (χ2n) is 6.19. The van der Waals surface area contributed by atoms with Crippen LogP contribution in [0.25, 0.3) is 0 Å². The van der Waals surface area contributed by atoms with Gasteiger partial charge in [0, 0.05) is 24.8 Å². The van der Waals surface area contributed by atoms with E-state index in [9.17, 15) is 0 Å². The Labute approximate surface area is 117 Å². The van der Waals surface area contributed by atoms with Gasteiger partial charge in [-0.05, 0) is 49.8 Å². The molecule has 0 saturated heterocycles. The first kappa shape index (κ1) is 13.0. The smallest absolute Gasteiger partial charge is 0.0372 e. The van der Waals surface area contributed by atoms with Crippen molar-refractivity contribution in [3.8, 4) is 0 Å². The zero-order chi connectivity index (χ0) is 13.1. The van der Waals surface area contributed by atoms with Crippen LogP contribution >= 0.6 is 0 Å². The van der Waals surface area contributed by atoms with E-state index in [4.69, 9.17) is 0 Å². The predicted molar refractivity (Wildman–Crippen MR) is 81.6 cm³/mol. The summed E-state index contributed by atoms with van der Waals surface area (Å²) in [5, 5.41) is 3.61. The first-order valence-electron chi connectivity index (χ1n) is 7.92. The number of rotatable bonds is 6. The Morgan fingerprint density at radius 3 is 2.89 bits per heavy atom. The summed E-state index contributed by atoms with van der Waals surface area (Å²) in [6, 6.07) is 9.69. The monoisotopic (exact) mass is 258 g/mol. The summed E-state index contributed by atoms with van der Waals surface area (Å²) in [4.78, 5) is 2.75. The van der Waals surface area contributed by atoms with E-state index < -0.39 is 0 Å². The molecule has 1 saturated carbocycles. The lowest BCUT2D eigenvalue weighted by Gasteiger charge is -2.31. The van der Waals surface area contributed by atoms with Crippen LogP contribution in [0.5, 0.6) is 0 Å². The summed E-state index contributed by atoms with van der Waals surface area (Å²) in [5.41, 5.74) is 2.86. The van der Waals surface area contributed by atoms with E-state index in [0.717, 1.165) is 18.5 Å². The molecule has 1 aliphatic carbocycles. The number of nitrogens with one attached hydrogen (secondary N) is 1. The van der Waals surface area contributed by atoms with Gasteiger partial charge in [-0.25, -0.2) is 0 Å². The highest BCUT2D eigenvalue weighted by molar-refractivity contribution is 5.53. The molecule has 3 rings (SSSR count). The average molecular weight is 258 g/mol. The second-order valence-corrected chi connectivity index (χ2v) is 6.19. The van der Waals surface area contributed by atoms with Crippen molar-refractivity contribution in [2.24, 2.45) is 5.92 Å². The van der Waals surface area contributed by atoms with Gasteiger partial charge in [0.25, 0.3) is 0 Å². The summed E-state index contributed by atoms with van der Waals surface area (Å²) >= 11 is 0. The Hall–Kier alpha value is -1.02. The first-order chi connectivity index (χ1) is 9.36. The van der Waals surface area contributed by atoms with Gasteiger partial charge >= 0.3 is 0 Å². The van der Waals surface area contributed by atoms with Crippen molar-refractivity contribution >= 4 is 5.69 Å². The molecule has 2 aliphatic rings. The molecule has 0 aromatic heterocycles. The molecule has 0 bridgehead atoms. The summed E-state index contributed by atoms with van der Waals surface area (Å²) in [6.45, 7) is 6.03. The van der Waals surface area contributed by atoms with Crippen LogP contribution < -0.4 is 5.32 Å². The highest BCUT2D eigenvalue weighted by Gasteiger charge is 2.30. The summed E-state index contributed by atoms with van der Waals surface area (Å²) < 4.78 is 0. The highest BCUT2D eigenvalue weighted by atomic mass is 15.2. The Morgan fingerprint density at radius 2 is 2.11 bits per heavy atom. The number of benzene rings is 1. The molecule has 1 heterocycles. The minimum absolute atomic E-state index is 0.785. The molecule has 1 aromatic carbocycles. The number of nitrogens with zero attached hydrogens (tertiary/aromatic N) is 1. The molecule has 1 aromatic rings. The van der Waals surface area contributed by atoms with E-state index in [2.05, 4.69) is 41.4 Å². The van der Waals surface area contributed by atoms with E-state index in [0.29, 0.717) is 0 Å². The van der Waals surface area contributed by atoms with E-state index in [1.54, 1.807) is 0 Å². The highest BCUT2D eigenvalue weighted by Crippen LogP contribution is 2.30. The number of para-hydroxylation sites is 1. The minimum Gasteiger partial charge on any atom is -0.384 e. The van der Waals surface area contributed by atoms with Gasteiger partial charge in [-0.15, -0.1) is 0 Å². The Kier molecular flexibility index (Phi) is 4.07.